The molecule has 0 aromatic rings. The van der Waals surface area contributed by atoms with Gasteiger partial charge in [0.15, 0.2) is 5.78 Å². The highest BCUT2D eigenvalue weighted by molar-refractivity contribution is 7.99. The van der Waals surface area contributed by atoms with E-state index in [0.29, 0.717) is 11.7 Å². The molecule has 0 radical (unpaired) electrons. The Labute approximate surface area is 103 Å². The molecule has 0 aromatic heterocycles. The Morgan fingerprint density at radius 2 is 1.88 bits per heavy atom. The second kappa shape index (κ2) is 6.06. The third kappa shape index (κ3) is 3.24. The number of thioether (sulfide) groups is 1. The van der Waals surface area contributed by atoms with Crippen molar-refractivity contribution >= 4 is 17.5 Å². The minimum Gasteiger partial charge on any atom is -0.299 e. The molecule has 1 unspecified atom stereocenters. The van der Waals surface area contributed by atoms with Gasteiger partial charge in [-0.2, -0.15) is 0 Å². The molecular formula is C13H23NOS. The lowest BCUT2D eigenvalue weighted by Crippen LogP contribution is -2.39. The zero-order valence-electron chi connectivity index (χ0n) is 10.2. The first kappa shape index (κ1) is 12.4. The lowest BCUT2D eigenvalue weighted by molar-refractivity contribution is -0.120. The quantitative estimate of drug-likeness (QED) is 0.695. The van der Waals surface area contributed by atoms with Gasteiger partial charge in [-0.05, 0) is 37.5 Å². The first-order valence-corrected chi connectivity index (χ1v) is 7.87. The molecule has 2 aliphatic carbocycles. The van der Waals surface area contributed by atoms with Gasteiger partial charge in [-0.25, -0.2) is 0 Å². The summed E-state index contributed by atoms with van der Waals surface area (Å²) in [5.41, 5.74) is 0. The van der Waals surface area contributed by atoms with Crippen LogP contribution >= 0.6 is 11.8 Å². The van der Waals surface area contributed by atoms with Crippen molar-refractivity contribution in [1.29, 1.82) is 0 Å². The van der Waals surface area contributed by atoms with Crippen molar-refractivity contribution in [2.75, 3.05) is 12.8 Å². The Hall–Kier alpha value is -0.0200. The highest BCUT2D eigenvalue weighted by atomic mass is 32.2. The van der Waals surface area contributed by atoms with Crippen LogP contribution in [0.5, 0.6) is 0 Å². The van der Waals surface area contributed by atoms with Gasteiger partial charge in [-0.1, -0.05) is 25.7 Å². The molecule has 2 fully saturated rings. The van der Waals surface area contributed by atoms with Gasteiger partial charge < -0.3 is 0 Å². The van der Waals surface area contributed by atoms with E-state index in [1.807, 2.05) is 6.26 Å². The van der Waals surface area contributed by atoms with Crippen molar-refractivity contribution in [3.05, 3.63) is 0 Å². The molecule has 92 valence electrons. The van der Waals surface area contributed by atoms with Gasteiger partial charge in [-0.3, -0.25) is 10.1 Å². The Balaban J connectivity index is 1.67. The van der Waals surface area contributed by atoms with Gasteiger partial charge in [0.05, 0.1) is 0 Å². The monoisotopic (exact) mass is 241 g/mol. The standard InChI is InChI=1S/C13H23NOS/c1-16-13(14-9-11-6-3-7-11)12(15)8-10-4-2-5-10/h10-11,13-14H,2-9H2,1H3. The second-order valence-electron chi connectivity index (χ2n) is 5.29. The van der Waals surface area contributed by atoms with Crippen LogP contribution in [0.15, 0.2) is 0 Å². The summed E-state index contributed by atoms with van der Waals surface area (Å²) in [4.78, 5) is 12.0. The summed E-state index contributed by atoms with van der Waals surface area (Å²) in [6.07, 6.45) is 10.8. The lowest BCUT2D eigenvalue weighted by atomic mass is 9.81. The van der Waals surface area contributed by atoms with E-state index in [0.717, 1.165) is 18.9 Å². The summed E-state index contributed by atoms with van der Waals surface area (Å²) in [7, 11) is 0. The summed E-state index contributed by atoms with van der Waals surface area (Å²) in [5, 5.41) is 3.49. The fourth-order valence-corrected chi connectivity index (χ4v) is 3.01. The molecule has 1 atom stereocenters. The molecule has 0 aliphatic heterocycles. The molecule has 0 saturated heterocycles. The molecule has 0 bridgehead atoms. The van der Waals surface area contributed by atoms with E-state index in [1.54, 1.807) is 11.8 Å². The third-order valence-corrected chi connectivity index (χ3v) is 4.96. The molecule has 0 heterocycles. The van der Waals surface area contributed by atoms with Crippen molar-refractivity contribution in [2.24, 2.45) is 11.8 Å². The largest absolute Gasteiger partial charge is 0.299 e. The van der Waals surface area contributed by atoms with Crippen LogP contribution in [0.2, 0.25) is 0 Å². The summed E-state index contributed by atoms with van der Waals surface area (Å²) in [6.45, 7) is 1.04. The molecule has 2 rings (SSSR count). The minimum atomic E-state index is 0.0567. The van der Waals surface area contributed by atoms with Crippen molar-refractivity contribution in [1.82, 2.24) is 5.32 Å². The molecule has 0 amide bonds. The minimum absolute atomic E-state index is 0.0567. The second-order valence-corrected chi connectivity index (χ2v) is 6.23. The molecular weight excluding hydrogens is 218 g/mol. The first-order valence-electron chi connectivity index (χ1n) is 6.58. The molecule has 0 spiro atoms. The zero-order valence-corrected chi connectivity index (χ0v) is 11.0. The van der Waals surface area contributed by atoms with Crippen LogP contribution in [-0.2, 0) is 4.79 Å². The average Bonchev–Trinajstić information content (AvgIpc) is 2.15. The predicted octanol–water partition coefficient (Wildman–Crippen LogP) is 2.82. The topological polar surface area (TPSA) is 29.1 Å². The SMILES string of the molecule is CSC(NCC1CCC1)C(=O)CC1CCC1. The van der Waals surface area contributed by atoms with E-state index >= 15 is 0 Å². The van der Waals surface area contributed by atoms with Crippen LogP contribution < -0.4 is 5.32 Å². The van der Waals surface area contributed by atoms with Gasteiger partial charge in [0, 0.05) is 6.42 Å². The fourth-order valence-electron chi connectivity index (χ4n) is 2.39. The van der Waals surface area contributed by atoms with Gasteiger partial charge in [0.1, 0.15) is 5.37 Å². The van der Waals surface area contributed by atoms with Crippen molar-refractivity contribution in [3.63, 3.8) is 0 Å². The predicted molar refractivity (Wildman–Crippen MR) is 69.6 cm³/mol. The van der Waals surface area contributed by atoms with E-state index in [2.05, 4.69) is 5.32 Å². The maximum Gasteiger partial charge on any atom is 0.160 e. The van der Waals surface area contributed by atoms with Crippen molar-refractivity contribution < 1.29 is 4.79 Å². The average molecular weight is 241 g/mol. The van der Waals surface area contributed by atoms with Gasteiger partial charge in [-0.15, -0.1) is 11.8 Å². The number of rotatable bonds is 7. The van der Waals surface area contributed by atoms with Crippen LogP contribution in [0.3, 0.4) is 0 Å². The Kier molecular flexibility index (Phi) is 4.71. The molecule has 1 N–H and O–H groups in total. The van der Waals surface area contributed by atoms with E-state index in [4.69, 9.17) is 0 Å². The number of nitrogens with one attached hydrogen (secondary N) is 1. The lowest BCUT2D eigenvalue weighted by Gasteiger charge is -2.29. The number of carbonyl (C=O) groups is 1. The Morgan fingerprint density at radius 3 is 2.31 bits per heavy atom. The molecule has 2 aliphatic rings. The summed E-state index contributed by atoms with van der Waals surface area (Å²) in [6, 6.07) is 0. The van der Waals surface area contributed by atoms with E-state index in [-0.39, 0.29) is 5.37 Å². The van der Waals surface area contributed by atoms with E-state index < -0.39 is 0 Å². The molecule has 3 heteroatoms. The third-order valence-electron chi connectivity index (χ3n) is 4.06. The Morgan fingerprint density at radius 1 is 1.25 bits per heavy atom. The van der Waals surface area contributed by atoms with Gasteiger partial charge >= 0.3 is 0 Å². The maximum atomic E-state index is 12.0. The van der Waals surface area contributed by atoms with Crippen LogP contribution in [0.4, 0.5) is 0 Å². The normalized spacial score (nSPS) is 23.6. The van der Waals surface area contributed by atoms with E-state index in [9.17, 15) is 4.79 Å². The van der Waals surface area contributed by atoms with E-state index in [1.165, 1.54) is 38.5 Å². The van der Waals surface area contributed by atoms with Crippen molar-refractivity contribution in [2.45, 2.75) is 50.3 Å². The smallest absolute Gasteiger partial charge is 0.160 e. The van der Waals surface area contributed by atoms with Crippen LogP contribution in [-0.4, -0.2) is 24.0 Å². The van der Waals surface area contributed by atoms with Gasteiger partial charge in [0.25, 0.3) is 0 Å². The van der Waals surface area contributed by atoms with Gasteiger partial charge in [0.2, 0.25) is 0 Å². The number of carbonyl (C=O) groups excluding carboxylic acids is 1. The van der Waals surface area contributed by atoms with Crippen LogP contribution in [0.1, 0.15) is 44.9 Å². The summed E-state index contributed by atoms with van der Waals surface area (Å²) >= 11 is 1.67. The summed E-state index contributed by atoms with van der Waals surface area (Å²) in [5.74, 6) is 1.97. The fraction of sp³-hybridized carbons (Fsp3) is 0.923. The number of Topliss-reactive ketones (excluding diaryl/α,β-unsaturated/α-hetero) is 1. The number of hydrogen-bond acceptors (Lipinski definition) is 3. The molecule has 2 nitrogen and oxygen atoms in total. The molecule has 0 aromatic carbocycles. The molecule has 2 saturated carbocycles. The number of ketones is 1. The highest BCUT2D eigenvalue weighted by Crippen LogP contribution is 2.31. The first-order chi connectivity index (χ1) is 7.79. The maximum absolute atomic E-state index is 12.0. The van der Waals surface area contributed by atoms with Crippen molar-refractivity contribution in [3.8, 4) is 0 Å². The highest BCUT2D eigenvalue weighted by Gasteiger charge is 2.26. The zero-order chi connectivity index (χ0) is 11.4. The Bertz CT molecular complexity index is 236. The summed E-state index contributed by atoms with van der Waals surface area (Å²) < 4.78 is 0. The molecule has 16 heavy (non-hydrogen) atoms. The van der Waals surface area contributed by atoms with Crippen LogP contribution in [0.25, 0.3) is 0 Å². The van der Waals surface area contributed by atoms with Crippen LogP contribution in [0, 0.1) is 11.8 Å². The number of hydrogen-bond donors (Lipinski definition) is 1.